The first-order chi connectivity index (χ1) is 9.99. The van der Waals surface area contributed by atoms with Gasteiger partial charge in [-0.2, -0.15) is 0 Å². The van der Waals surface area contributed by atoms with Gasteiger partial charge in [-0.25, -0.2) is 9.18 Å². The number of thioether (sulfide) groups is 1. The highest BCUT2D eigenvalue weighted by Gasteiger charge is 2.48. The topological polar surface area (TPSA) is 57.6 Å². The van der Waals surface area contributed by atoms with E-state index in [4.69, 9.17) is 11.6 Å². The zero-order valence-corrected chi connectivity index (χ0v) is 12.5. The number of carbonyl (C=O) groups is 2. The minimum atomic E-state index is -1.02. The van der Waals surface area contributed by atoms with Gasteiger partial charge in [0.15, 0.2) is 0 Å². The van der Waals surface area contributed by atoms with Crippen molar-refractivity contribution in [1.29, 1.82) is 0 Å². The Morgan fingerprint density at radius 2 is 2.10 bits per heavy atom. The van der Waals surface area contributed by atoms with Gasteiger partial charge in [-0.05, 0) is 37.0 Å². The lowest BCUT2D eigenvalue weighted by Crippen LogP contribution is -2.46. The van der Waals surface area contributed by atoms with Gasteiger partial charge in [0, 0.05) is 5.75 Å². The van der Waals surface area contributed by atoms with Crippen molar-refractivity contribution in [3.8, 4) is 0 Å². The molecule has 112 valence electrons. The number of benzene rings is 1. The normalized spacial score (nSPS) is 25.1. The van der Waals surface area contributed by atoms with Crippen LogP contribution in [0.25, 0.3) is 0 Å². The molecule has 0 aromatic heterocycles. The second-order valence-electron chi connectivity index (χ2n) is 5.25. The fourth-order valence-electron chi connectivity index (χ4n) is 2.52. The van der Waals surface area contributed by atoms with Gasteiger partial charge in [0.1, 0.15) is 11.9 Å². The summed E-state index contributed by atoms with van der Waals surface area (Å²) in [6.07, 6.45) is 2.01. The number of hydrogen-bond acceptors (Lipinski definition) is 3. The highest BCUT2D eigenvalue weighted by molar-refractivity contribution is 8.00. The van der Waals surface area contributed by atoms with Crippen LogP contribution < -0.4 is 0 Å². The van der Waals surface area contributed by atoms with Crippen molar-refractivity contribution in [3.05, 3.63) is 34.6 Å². The van der Waals surface area contributed by atoms with E-state index in [1.165, 1.54) is 22.7 Å². The summed E-state index contributed by atoms with van der Waals surface area (Å²) in [4.78, 5) is 25.5. The van der Waals surface area contributed by atoms with Crippen molar-refractivity contribution in [2.24, 2.45) is 5.92 Å². The number of amides is 1. The minimum Gasteiger partial charge on any atom is -0.480 e. The molecular formula is C14H13ClFNO3S. The maximum atomic E-state index is 13.1. The molecule has 7 heteroatoms. The van der Waals surface area contributed by atoms with Crippen LogP contribution in [0.1, 0.15) is 23.2 Å². The van der Waals surface area contributed by atoms with Crippen molar-refractivity contribution in [2.75, 3.05) is 5.75 Å². The lowest BCUT2D eigenvalue weighted by molar-refractivity contribution is -0.141. The summed E-state index contributed by atoms with van der Waals surface area (Å²) in [5, 5.41) is 9.20. The Labute approximate surface area is 130 Å². The molecule has 1 aliphatic carbocycles. The fraction of sp³-hybridized carbons (Fsp3) is 0.429. The first-order valence-electron chi connectivity index (χ1n) is 6.61. The Morgan fingerprint density at radius 3 is 2.67 bits per heavy atom. The van der Waals surface area contributed by atoms with Crippen LogP contribution in [0, 0.1) is 11.7 Å². The number of carboxylic acid groups (broad SMARTS) is 1. The van der Waals surface area contributed by atoms with E-state index in [-0.39, 0.29) is 16.0 Å². The van der Waals surface area contributed by atoms with Crippen LogP contribution in [0.3, 0.4) is 0 Å². The van der Waals surface area contributed by atoms with Crippen LogP contribution in [0.5, 0.6) is 0 Å². The molecule has 3 rings (SSSR count). The van der Waals surface area contributed by atoms with Gasteiger partial charge in [0.05, 0.1) is 16.0 Å². The van der Waals surface area contributed by atoms with Crippen LogP contribution in [0.15, 0.2) is 18.2 Å². The van der Waals surface area contributed by atoms with Gasteiger partial charge in [0.2, 0.25) is 0 Å². The minimum absolute atomic E-state index is 0.00980. The molecule has 0 spiro atoms. The third kappa shape index (κ3) is 2.74. The maximum Gasteiger partial charge on any atom is 0.327 e. The monoisotopic (exact) mass is 329 g/mol. The van der Waals surface area contributed by atoms with Crippen LogP contribution in [-0.2, 0) is 4.79 Å². The number of hydrogen-bond donors (Lipinski definition) is 1. The molecule has 0 bridgehead atoms. The van der Waals surface area contributed by atoms with Gasteiger partial charge in [-0.15, -0.1) is 11.8 Å². The molecule has 1 aromatic carbocycles. The van der Waals surface area contributed by atoms with E-state index in [2.05, 4.69) is 0 Å². The molecule has 2 aliphatic rings. The zero-order valence-electron chi connectivity index (χ0n) is 11.0. The van der Waals surface area contributed by atoms with Crippen molar-refractivity contribution < 1.29 is 19.1 Å². The van der Waals surface area contributed by atoms with E-state index < -0.39 is 23.7 Å². The van der Waals surface area contributed by atoms with Crippen molar-refractivity contribution >= 4 is 35.2 Å². The lowest BCUT2D eigenvalue weighted by Gasteiger charge is -2.27. The molecule has 21 heavy (non-hydrogen) atoms. The summed E-state index contributed by atoms with van der Waals surface area (Å²) in [7, 11) is 0. The SMILES string of the molecule is O=C(O)C1CSC(C2CC2)N1C(=O)c1ccc(F)cc1Cl. The van der Waals surface area contributed by atoms with Crippen LogP contribution in [-0.4, -0.2) is 39.1 Å². The standard InChI is InChI=1S/C14H13ClFNO3S/c15-10-5-8(16)3-4-9(10)12(18)17-11(14(19)20)6-21-13(17)7-1-2-7/h3-5,7,11,13H,1-2,6H2,(H,19,20). The summed E-state index contributed by atoms with van der Waals surface area (Å²) in [6.45, 7) is 0. The smallest absolute Gasteiger partial charge is 0.327 e. The Bertz CT molecular complexity index is 608. The molecule has 1 amide bonds. The van der Waals surface area contributed by atoms with Crippen LogP contribution in [0.2, 0.25) is 5.02 Å². The van der Waals surface area contributed by atoms with E-state index in [1.54, 1.807) is 0 Å². The zero-order chi connectivity index (χ0) is 15.1. The predicted octanol–water partition coefficient (Wildman–Crippen LogP) is 2.86. The molecule has 1 aromatic rings. The number of aliphatic carboxylic acids is 1. The first-order valence-corrected chi connectivity index (χ1v) is 8.04. The van der Waals surface area contributed by atoms with E-state index >= 15 is 0 Å². The Hall–Kier alpha value is -1.27. The molecule has 1 N–H and O–H groups in total. The highest BCUT2D eigenvalue weighted by Crippen LogP contribution is 2.46. The molecule has 2 fully saturated rings. The average molecular weight is 330 g/mol. The third-order valence-electron chi connectivity index (χ3n) is 3.74. The fourth-order valence-corrected chi connectivity index (χ4v) is 4.40. The summed E-state index contributed by atoms with van der Waals surface area (Å²) in [5.74, 6) is -1.25. The second kappa shape index (κ2) is 5.50. The number of carbonyl (C=O) groups excluding carboxylic acids is 1. The van der Waals surface area contributed by atoms with Crippen LogP contribution in [0.4, 0.5) is 4.39 Å². The third-order valence-corrected chi connectivity index (χ3v) is 5.52. The number of rotatable bonds is 3. The van der Waals surface area contributed by atoms with Crippen molar-refractivity contribution in [1.82, 2.24) is 4.90 Å². The molecule has 4 nitrogen and oxygen atoms in total. The molecule has 1 heterocycles. The molecule has 1 saturated heterocycles. The van der Waals surface area contributed by atoms with Gasteiger partial charge in [-0.3, -0.25) is 4.79 Å². The molecule has 2 unspecified atom stereocenters. The van der Waals surface area contributed by atoms with E-state index in [0.717, 1.165) is 25.0 Å². The predicted molar refractivity (Wildman–Crippen MR) is 78.0 cm³/mol. The van der Waals surface area contributed by atoms with Gasteiger partial charge < -0.3 is 10.0 Å². The molecule has 0 radical (unpaired) electrons. The molecule has 1 aliphatic heterocycles. The maximum absolute atomic E-state index is 13.1. The lowest BCUT2D eigenvalue weighted by atomic mass is 10.1. The molecule has 1 saturated carbocycles. The number of carboxylic acids is 1. The second-order valence-corrected chi connectivity index (χ2v) is 6.81. The quantitative estimate of drug-likeness (QED) is 0.926. The number of halogens is 2. The summed E-state index contributed by atoms with van der Waals surface area (Å²) in [6, 6.07) is 2.69. The Morgan fingerprint density at radius 1 is 1.38 bits per heavy atom. The molecule has 2 atom stereocenters. The van der Waals surface area contributed by atoms with E-state index in [0.29, 0.717) is 11.7 Å². The van der Waals surface area contributed by atoms with Gasteiger partial charge in [0.25, 0.3) is 5.91 Å². The largest absolute Gasteiger partial charge is 0.480 e. The summed E-state index contributed by atoms with van der Waals surface area (Å²) in [5.41, 5.74) is 0.150. The Kier molecular flexibility index (Phi) is 3.84. The average Bonchev–Trinajstić information content (AvgIpc) is 3.16. The highest BCUT2D eigenvalue weighted by atomic mass is 35.5. The Balaban J connectivity index is 1.93. The van der Waals surface area contributed by atoms with E-state index in [1.807, 2.05) is 0 Å². The number of nitrogens with zero attached hydrogens (tertiary/aromatic N) is 1. The van der Waals surface area contributed by atoms with Crippen molar-refractivity contribution in [2.45, 2.75) is 24.3 Å². The van der Waals surface area contributed by atoms with E-state index in [9.17, 15) is 19.1 Å². The summed E-state index contributed by atoms with van der Waals surface area (Å²) >= 11 is 7.43. The summed E-state index contributed by atoms with van der Waals surface area (Å²) < 4.78 is 13.1. The van der Waals surface area contributed by atoms with Gasteiger partial charge in [-0.1, -0.05) is 11.6 Å². The van der Waals surface area contributed by atoms with Gasteiger partial charge >= 0.3 is 5.97 Å². The van der Waals surface area contributed by atoms with Crippen LogP contribution >= 0.6 is 23.4 Å². The molecular weight excluding hydrogens is 317 g/mol. The first kappa shape index (κ1) is 14.7. The van der Waals surface area contributed by atoms with Crippen molar-refractivity contribution in [3.63, 3.8) is 0 Å².